The quantitative estimate of drug-likeness (QED) is 0.0696. The number of nitrogens with one attached hydrogen (secondary N) is 4. The minimum absolute atomic E-state index is 0.0193. The molecule has 1 rings (SSSR count). The molecule has 0 spiro atoms. The Hall–Kier alpha value is -5.78. The minimum atomic E-state index is -1.62. The van der Waals surface area contributed by atoms with Gasteiger partial charge in [-0.2, -0.15) is 11.8 Å². The van der Waals surface area contributed by atoms with Crippen LogP contribution in [0.1, 0.15) is 182 Å². The van der Waals surface area contributed by atoms with Crippen molar-refractivity contribution in [2.45, 2.75) is 255 Å². The summed E-state index contributed by atoms with van der Waals surface area (Å²) in [7, 11) is 10.1. The number of likely N-dealkylation sites (N-methyl/N-ethyl adjacent to an activating group) is 7. The second kappa shape index (κ2) is 39.8. The molecule has 0 saturated carbocycles. The molecule has 5 N–H and O–H groups in total. The van der Waals surface area contributed by atoms with Crippen molar-refractivity contribution in [2.75, 3.05) is 60.8 Å². The van der Waals surface area contributed by atoms with E-state index in [1.54, 1.807) is 47.6 Å². The molecule has 0 aromatic heterocycles. The highest BCUT2D eigenvalue weighted by Crippen LogP contribution is 2.27. The minimum Gasteiger partial charge on any atom is -0.390 e. The van der Waals surface area contributed by atoms with Crippen molar-refractivity contribution in [2.24, 2.45) is 41.4 Å². The van der Waals surface area contributed by atoms with E-state index in [9.17, 15) is 29.1 Å². The molecule has 0 aromatic rings. The molecule has 0 aromatic carbocycles. The van der Waals surface area contributed by atoms with Gasteiger partial charge in [0, 0.05) is 55.1 Å². The number of hydrogen-bond donors (Lipinski definition) is 5. The van der Waals surface area contributed by atoms with Gasteiger partial charge in [0.2, 0.25) is 65.0 Å². The molecule has 0 aliphatic carbocycles. The lowest BCUT2D eigenvalue weighted by Gasteiger charge is -2.41. The normalized spacial score (nSPS) is 26.6. The van der Waals surface area contributed by atoms with E-state index in [0.29, 0.717) is 12.2 Å². The predicted molar refractivity (Wildman–Crippen MR) is 364 cm³/mol. The van der Waals surface area contributed by atoms with Gasteiger partial charge in [0.15, 0.2) is 0 Å². The van der Waals surface area contributed by atoms with Crippen LogP contribution in [-0.2, 0) is 52.7 Å². The number of unbranched alkanes of at least 4 members (excludes halogenated alkanes) is 2. The lowest BCUT2D eigenvalue weighted by Crippen LogP contribution is -2.64. The van der Waals surface area contributed by atoms with E-state index >= 15 is 28.8 Å². The van der Waals surface area contributed by atoms with Gasteiger partial charge in [-0.1, -0.05) is 129 Å². The molecule has 92 heavy (non-hydrogen) atoms. The van der Waals surface area contributed by atoms with Crippen LogP contribution in [0.2, 0.25) is 0 Å². The third-order valence-electron chi connectivity index (χ3n) is 17.6. The van der Waals surface area contributed by atoms with E-state index in [4.69, 9.17) is 0 Å². The first-order valence-electron chi connectivity index (χ1n) is 33.6. The Balaban J connectivity index is 4.52. The van der Waals surface area contributed by atoms with Crippen molar-refractivity contribution in [1.29, 1.82) is 0 Å². The largest absolute Gasteiger partial charge is 0.390 e. The molecule has 0 unspecified atom stereocenters. The van der Waals surface area contributed by atoms with Gasteiger partial charge in [-0.25, -0.2) is 0 Å². The maximum Gasteiger partial charge on any atom is 0.246 e. The summed E-state index contributed by atoms with van der Waals surface area (Å²) in [6, 6.07) is -13.6. The van der Waals surface area contributed by atoms with E-state index in [1.807, 2.05) is 68.4 Å². The highest BCUT2D eigenvalue weighted by molar-refractivity contribution is 7.99. The van der Waals surface area contributed by atoms with Crippen molar-refractivity contribution in [3.05, 3.63) is 12.2 Å². The lowest BCUT2D eigenvalue weighted by molar-refractivity contribution is -0.157. The van der Waals surface area contributed by atoms with Crippen LogP contribution in [0.3, 0.4) is 0 Å². The van der Waals surface area contributed by atoms with Gasteiger partial charge in [0.05, 0.1) is 6.10 Å². The number of nitrogens with zero attached hydrogens (tertiary/aromatic N) is 7. The molecule has 24 heteroatoms. The smallest absolute Gasteiger partial charge is 0.246 e. The Labute approximate surface area is 557 Å². The van der Waals surface area contributed by atoms with E-state index in [0.717, 1.165) is 24.2 Å². The van der Waals surface area contributed by atoms with Crippen LogP contribution in [0.25, 0.3) is 0 Å². The van der Waals surface area contributed by atoms with Gasteiger partial charge < -0.3 is 60.7 Å². The molecule has 0 bridgehead atoms. The molecular weight excluding hydrogens is 1190 g/mol. The zero-order valence-electron chi connectivity index (χ0n) is 60.9. The van der Waals surface area contributed by atoms with Crippen molar-refractivity contribution >= 4 is 76.7 Å². The van der Waals surface area contributed by atoms with Gasteiger partial charge >= 0.3 is 0 Å². The van der Waals surface area contributed by atoms with Crippen LogP contribution >= 0.6 is 11.8 Å². The second-order valence-corrected chi connectivity index (χ2v) is 29.2. The highest BCUT2D eigenvalue weighted by atomic mass is 32.2. The maximum atomic E-state index is 15.3. The fourth-order valence-corrected chi connectivity index (χ4v) is 12.8. The molecule has 1 fully saturated rings. The van der Waals surface area contributed by atoms with Gasteiger partial charge in [-0.05, 0) is 113 Å². The van der Waals surface area contributed by atoms with Gasteiger partial charge in [0.1, 0.15) is 66.5 Å². The highest BCUT2D eigenvalue weighted by Gasteiger charge is 2.46. The molecule has 1 aliphatic rings. The molecule has 1 heterocycles. The number of aliphatic hydroxyl groups excluding tert-OH is 1. The monoisotopic (exact) mass is 1320 g/mol. The summed E-state index contributed by atoms with van der Waals surface area (Å²) in [5.41, 5.74) is 0. The fourth-order valence-electron chi connectivity index (χ4n) is 11.6. The number of hydrogen-bond acceptors (Lipinski definition) is 13. The number of rotatable bonds is 21. The second-order valence-electron chi connectivity index (χ2n) is 28.1. The number of carbonyl (C=O) groups excluding carboxylic acids is 11. The zero-order valence-corrected chi connectivity index (χ0v) is 61.7. The molecular formula is C68H123N11O12S. The average Bonchev–Trinajstić information content (AvgIpc) is 0.813. The van der Waals surface area contributed by atoms with E-state index < -0.39 is 155 Å². The van der Waals surface area contributed by atoms with Crippen LogP contribution in [-0.4, -0.2) is 238 Å². The number of carbonyl (C=O) groups is 11. The van der Waals surface area contributed by atoms with Crippen molar-refractivity contribution in [1.82, 2.24) is 55.6 Å². The van der Waals surface area contributed by atoms with E-state index in [-0.39, 0.29) is 61.5 Å². The summed E-state index contributed by atoms with van der Waals surface area (Å²) in [4.78, 5) is 172. The Morgan fingerprint density at radius 2 is 0.859 bits per heavy atom. The number of thioether (sulfide) groups is 1. The summed E-state index contributed by atoms with van der Waals surface area (Å²) >= 11 is 1.47. The topological polar surface area (TPSA) is 279 Å². The number of allylic oxidation sites excluding steroid dienone is 2. The third-order valence-corrected chi connectivity index (χ3v) is 18.7. The molecule has 13 atom stereocenters. The predicted octanol–water partition coefficient (Wildman–Crippen LogP) is 5.56. The molecule has 528 valence electrons. The summed E-state index contributed by atoms with van der Waals surface area (Å²) in [5, 5.41) is 23.5. The Kier molecular flexibility index (Phi) is 36.4. The van der Waals surface area contributed by atoms with E-state index in [2.05, 4.69) is 28.2 Å². The fraction of sp³-hybridized carbons (Fsp3) is 0.809. The van der Waals surface area contributed by atoms with E-state index in [1.165, 1.54) is 104 Å². The first-order chi connectivity index (χ1) is 42.7. The summed E-state index contributed by atoms with van der Waals surface area (Å²) in [6.45, 7) is 32.2. The summed E-state index contributed by atoms with van der Waals surface area (Å²) in [6.07, 6.45) is 5.76. The van der Waals surface area contributed by atoms with Crippen LogP contribution in [0.15, 0.2) is 12.2 Å². The van der Waals surface area contributed by atoms with Gasteiger partial charge in [0.25, 0.3) is 0 Å². The van der Waals surface area contributed by atoms with Crippen molar-refractivity contribution in [3.63, 3.8) is 0 Å². The molecule has 1 aliphatic heterocycles. The number of amides is 11. The molecule has 23 nitrogen and oxygen atoms in total. The lowest BCUT2D eigenvalue weighted by atomic mass is 9.91. The van der Waals surface area contributed by atoms with Crippen LogP contribution in [0.4, 0.5) is 0 Å². The summed E-state index contributed by atoms with van der Waals surface area (Å²) < 4.78 is 0. The standard InChI is InChI=1S/C68H123N11O12S/c1-26-29-31-33-92-38-53-66(89)73(19)50(35-40(6)7)60(83)72-54(43(12)13)67(90)74(20)49(34-39(4)5)59(82)69-46(17)58(81)70-47(18)62(85)75(21)51(36-41(8)9)64(87)76(22)52(37-42(10)11)65(88)78(24)55(44(14)15)68(91)79(25)56(57(80)45(16)32-30-27-2)61(84)71-48(28-3)63(86)77(53)23/h27,30,39-57,80H,26,28-29,31-38H2,1-25H3,(H,69,82)(H,70,81)(H,71,84)(H,72,83)/b30-27+/t45-,46-,47+,48-,49-,50+,51-,52-,53-,54-,55-,56-,57-/m1/s1. The average molecular weight is 1320 g/mol. The molecule has 0 radical (unpaired) electrons. The molecule has 1 saturated heterocycles. The molecule has 11 amide bonds. The van der Waals surface area contributed by atoms with Crippen LogP contribution in [0.5, 0.6) is 0 Å². The van der Waals surface area contributed by atoms with Gasteiger partial charge in [-0.3, -0.25) is 52.7 Å². The first kappa shape index (κ1) is 84.2. The van der Waals surface area contributed by atoms with Crippen molar-refractivity contribution in [3.8, 4) is 0 Å². The maximum absolute atomic E-state index is 15.3. The Morgan fingerprint density at radius 3 is 1.32 bits per heavy atom. The number of aliphatic hydroxyl groups is 1. The third kappa shape index (κ3) is 24.2. The first-order valence-corrected chi connectivity index (χ1v) is 34.8. The zero-order chi connectivity index (χ0) is 71.1. The van der Waals surface area contributed by atoms with Gasteiger partial charge in [-0.15, -0.1) is 0 Å². The Morgan fingerprint density at radius 1 is 0.446 bits per heavy atom. The van der Waals surface area contributed by atoms with Crippen LogP contribution < -0.4 is 21.3 Å². The SMILES string of the molecule is C/C=C/C[C@@H](C)[C@@H](O)[C@@H]1C(=O)N[C@H](CC)C(=O)N(C)[C@H](CSCCCCC)C(=O)N(C)[C@@H](CC(C)C)C(=O)N[C@H](C(C)C)C(=O)N(C)[C@H](CC(C)C)C(=O)N[C@H](C)C(=O)N[C@@H](C)C(=O)N(C)[C@H](CC(C)C)C(=O)N(C)[C@H](CC(C)C)C(=O)N(C)[C@H](C(C)C)C(=O)N1C. The Bertz CT molecular complexity index is 2480. The summed E-state index contributed by atoms with van der Waals surface area (Å²) in [5.74, 6) is -8.85. The van der Waals surface area contributed by atoms with Crippen molar-refractivity contribution < 1.29 is 57.8 Å². The van der Waals surface area contributed by atoms with Crippen LogP contribution in [0, 0.1) is 41.4 Å².